The van der Waals surface area contributed by atoms with Gasteiger partial charge in [0.15, 0.2) is 17.2 Å². The van der Waals surface area contributed by atoms with Crippen molar-refractivity contribution >= 4 is 11.4 Å². The van der Waals surface area contributed by atoms with Gasteiger partial charge in [0.2, 0.25) is 0 Å². The first-order valence-electron chi connectivity index (χ1n) is 10.5. The Balaban J connectivity index is 1.80. The molecule has 2 N–H and O–H groups in total. The molecule has 10 heteroatoms. The normalized spacial score (nSPS) is 13.8. The molecule has 1 atom stereocenters. The Hall–Kier alpha value is -3.01. The summed E-state index contributed by atoms with van der Waals surface area (Å²) in [7, 11) is 0. The first kappa shape index (κ1) is 24.6. The van der Waals surface area contributed by atoms with Crippen LogP contribution in [0, 0.1) is 19.7 Å². The molecule has 0 aromatic carbocycles. The summed E-state index contributed by atoms with van der Waals surface area (Å²) >= 11 is 0. The zero-order chi connectivity index (χ0) is 24.4. The van der Waals surface area contributed by atoms with Crippen molar-refractivity contribution < 1.29 is 27.1 Å². The molecule has 6 nitrogen and oxygen atoms in total. The largest absolute Gasteiger partial charge is 0.483 e. The van der Waals surface area contributed by atoms with E-state index in [1.807, 2.05) is 6.92 Å². The van der Waals surface area contributed by atoms with Crippen LogP contribution < -0.4 is 10.5 Å². The van der Waals surface area contributed by atoms with Gasteiger partial charge >= 0.3 is 6.18 Å². The average molecular weight is 466 g/mol. The monoisotopic (exact) mass is 466 g/mol. The predicted molar refractivity (Wildman–Crippen MR) is 115 cm³/mol. The Labute approximate surface area is 188 Å². The molecule has 3 heterocycles. The summed E-state index contributed by atoms with van der Waals surface area (Å²) in [5.74, 6) is -0.418. The molecule has 3 aromatic heterocycles. The highest BCUT2D eigenvalue weighted by atomic mass is 19.4. The molecule has 0 fully saturated rings. The fourth-order valence-electron chi connectivity index (χ4n) is 3.54. The first-order chi connectivity index (χ1) is 15.4. The Morgan fingerprint density at radius 1 is 1.21 bits per heavy atom. The molecule has 0 bridgehead atoms. The Kier molecular flexibility index (Phi) is 7.06. The van der Waals surface area contributed by atoms with E-state index in [0.29, 0.717) is 22.8 Å². The van der Waals surface area contributed by atoms with E-state index in [-0.39, 0.29) is 37.3 Å². The SMILES string of the molecule is Cc1cc(OCc2ncccc2F)c2nc(C)c(C(=O)CCC(C)(N)CCC(F)(F)F)n2c1. The lowest BCUT2D eigenvalue weighted by atomic mass is 9.90. The van der Waals surface area contributed by atoms with E-state index in [1.54, 1.807) is 23.6 Å². The number of nitrogens with zero attached hydrogens (tertiary/aromatic N) is 3. The van der Waals surface area contributed by atoms with Crippen LogP contribution in [-0.4, -0.2) is 31.9 Å². The molecular weight excluding hydrogens is 440 g/mol. The maximum absolute atomic E-state index is 13.9. The number of aryl methyl sites for hydroxylation is 2. The van der Waals surface area contributed by atoms with Crippen LogP contribution in [0.2, 0.25) is 0 Å². The number of fused-ring (bicyclic) bond motifs is 1. The van der Waals surface area contributed by atoms with Gasteiger partial charge in [0.25, 0.3) is 0 Å². The number of carbonyl (C=O) groups excluding carboxylic acids is 1. The number of alkyl halides is 3. The third kappa shape index (κ3) is 6.28. The second-order valence-corrected chi connectivity index (χ2v) is 8.53. The highest BCUT2D eigenvalue weighted by Crippen LogP contribution is 2.29. The second-order valence-electron chi connectivity index (χ2n) is 8.53. The highest BCUT2D eigenvalue weighted by molar-refractivity contribution is 5.96. The lowest BCUT2D eigenvalue weighted by Gasteiger charge is -2.24. The number of nitrogens with two attached hydrogens (primary N) is 1. The van der Waals surface area contributed by atoms with Crippen LogP contribution >= 0.6 is 0 Å². The second kappa shape index (κ2) is 9.46. The van der Waals surface area contributed by atoms with E-state index in [0.717, 1.165) is 5.56 Å². The maximum atomic E-state index is 13.9. The fourth-order valence-corrected chi connectivity index (χ4v) is 3.54. The average Bonchev–Trinajstić information content (AvgIpc) is 3.05. The first-order valence-corrected chi connectivity index (χ1v) is 10.5. The number of ether oxygens (including phenoxy) is 1. The summed E-state index contributed by atoms with van der Waals surface area (Å²) in [5, 5.41) is 0. The number of Topliss-reactive ketones (excluding diaryl/α,β-unsaturated/α-hetero) is 1. The molecule has 0 saturated heterocycles. The van der Waals surface area contributed by atoms with Gasteiger partial charge in [-0.3, -0.25) is 14.2 Å². The van der Waals surface area contributed by atoms with Crippen molar-refractivity contribution in [3.63, 3.8) is 0 Å². The van der Waals surface area contributed by atoms with Crippen LogP contribution in [0.5, 0.6) is 5.75 Å². The van der Waals surface area contributed by atoms with Crippen molar-refractivity contribution in [2.75, 3.05) is 0 Å². The number of pyridine rings is 2. The van der Waals surface area contributed by atoms with Gasteiger partial charge in [-0.05, 0) is 57.4 Å². The van der Waals surface area contributed by atoms with Gasteiger partial charge in [0.05, 0.1) is 5.69 Å². The van der Waals surface area contributed by atoms with Crippen LogP contribution in [-0.2, 0) is 6.61 Å². The lowest BCUT2D eigenvalue weighted by molar-refractivity contribution is -0.138. The number of carbonyl (C=O) groups is 1. The summed E-state index contributed by atoms with van der Waals surface area (Å²) in [6.45, 7) is 4.88. The van der Waals surface area contributed by atoms with Crippen LogP contribution in [0.15, 0.2) is 30.6 Å². The quantitative estimate of drug-likeness (QED) is 0.351. The van der Waals surface area contributed by atoms with Crippen LogP contribution in [0.3, 0.4) is 0 Å². The van der Waals surface area contributed by atoms with Crippen molar-refractivity contribution in [2.45, 2.75) is 64.8 Å². The van der Waals surface area contributed by atoms with Gasteiger partial charge in [0.1, 0.15) is 23.8 Å². The molecule has 0 aliphatic carbocycles. The van der Waals surface area contributed by atoms with E-state index < -0.39 is 24.0 Å². The standard InChI is InChI=1S/C23H26F4N4O2/c1-14-11-19(33-13-17-16(24)5-4-10-29-17)21-30-15(2)20(31(21)12-14)18(32)6-7-22(3,28)8-9-23(25,26)27/h4-5,10-12H,6-9,13,28H2,1-3H3. The summed E-state index contributed by atoms with van der Waals surface area (Å²) in [6.07, 6.45) is -2.30. The van der Waals surface area contributed by atoms with Crippen LogP contribution in [0.4, 0.5) is 17.6 Å². The van der Waals surface area contributed by atoms with E-state index in [1.165, 1.54) is 25.3 Å². The maximum Gasteiger partial charge on any atom is 0.389 e. The van der Waals surface area contributed by atoms with Crippen molar-refractivity contribution in [1.82, 2.24) is 14.4 Å². The van der Waals surface area contributed by atoms with Crippen molar-refractivity contribution in [1.29, 1.82) is 0 Å². The minimum absolute atomic E-state index is 0.0250. The molecule has 3 aromatic rings. The Morgan fingerprint density at radius 2 is 1.94 bits per heavy atom. The van der Waals surface area contributed by atoms with Gasteiger partial charge in [0, 0.05) is 30.8 Å². The Bertz CT molecular complexity index is 1160. The summed E-state index contributed by atoms with van der Waals surface area (Å²) < 4.78 is 58.8. The topological polar surface area (TPSA) is 82.5 Å². The van der Waals surface area contributed by atoms with Crippen molar-refractivity contribution in [3.8, 4) is 5.75 Å². The molecule has 178 valence electrons. The number of rotatable bonds is 9. The lowest BCUT2D eigenvalue weighted by Crippen LogP contribution is -2.38. The number of hydrogen-bond acceptors (Lipinski definition) is 5. The van der Waals surface area contributed by atoms with Gasteiger partial charge in [-0.25, -0.2) is 9.37 Å². The van der Waals surface area contributed by atoms with E-state index in [2.05, 4.69) is 9.97 Å². The Morgan fingerprint density at radius 3 is 2.61 bits per heavy atom. The van der Waals surface area contributed by atoms with Gasteiger partial charge in [-0.1, -0.05) is 0 Å². The van der Waals surface area contributed by atoms with Gasteiger partial charge in [-0.2, -0.15) is 13.2 Å². The predicted octanol–water partition coefficient (Wildman–Crippen LogP) is 5.09. The van der Waals surface area contributed by atoms with E-state index in [9.17, 15) is 22.4 Å². The molecule has 0 amide bonds. The van der Waals surface area contributed by atoms with Gasteiger partial charge < -0.3 is 10.5 Å². The van der Waals surface area contributed by atoms with Crippen molar-refractivity contribution in [3.05, 3.63) is 59.1 Å². The molecule has 0 aliphatic rings. The molecule has 0 aliphatic heterocycles. The smallest absolute Gasteiger partial charge is 0.389 e. The fraction of sp³-hybridized carbons (Fsp3) is 0.435. The number of aromatic nitrogens is 3. The summed E-state index contributed by atoms with van der Waals surface area (Å²) in [5.41, 5.74) is 6.93. The summed E-state index contributed by atoms with van der Waals surface area (Å²) in [4.78, 5) is 21.4. The molecule has 3 rings (SSSR count). The van der Waals surface area contributed by atoms with Crippen molar-refractivity contribution in [2.24, 2.45) is 5.73 Å². The number of imidazole rings is 1. The number of ketones is 1. The van der Waals surface area contributed by atoms with Gasteiger partial charge in [-0.15, -0.1) is 0 Å². The molecular formula is C23H26F4N4O2. The highest BCUT2D eigenvalue weighted by Gasteiger charge is 2.32. The third-order valence-corrected chi connectivity index (χ3v) is 5.36. The van der Waals surface area contributed by atoms with E-state index >= 15 is 0 Å². The third-order valence-electron chi connectivity index (χ3n) is 5.36. The van der Waals surface area contributed by atoms with E-state index in [4.69, 9.17) is 10.5 Å². The van der Waals surface area contributed by atoms with Crippen LogP contribution in [0.25, 0.3) is 5.65 Å². The molecule has 33 heavy (non-hydrogen) atoms. The van der Waals surface area contributed by atoms with Crippen LogP contribution in [0.1, 0.15) is 60.0 Å². The number of halogens is 4. The molecule has 1 unspecified atom stereocenters. The number of hydrogen-bond donors (Lipinski definition) is 1. The minimum atomic E-state index is -4.30. The minimum Gasteiger partial charge on any atom is -0.483 e. The molecule has 0 radical (unpaired) electrons. The summed E-state index contributed by atoms with van der Waals surface area (Å²) in [6, 6.07) is 4.49. The molecule has 0 saturated carbocycles. The molecule has 0 spiro atoms. The zero-order valence-electron chi connectivity index (χ0n) is 18.7. The zero-order valence-corrected chi connectivity index (χ0v) is 18.7.